The van der Waals surface area contributed by atoms with Crippen molar-refractivity contribution in [3.8, 4) is 28.6 Å². The first-order chi connectivity index (χ1) is 15.3. The normalized spacial score (nSPS) is 11.7. The van der Waals surface area contributed by atoms with Gasteiger partial charge in [-0.1, -0.05) is 28.5 Å². The van der Waals surface area contributed by atoms with Gasteiger partial charge in [-0.2, -0.15) is 23.1 Å². The summed E-state index contributed by atoms with van der Waals surface area (Å²) in [6, 6.07) is 12.8. The van der Waals surface area contributed by atoms with E-state index in [0.29, 0.717) is 42.5 Å². The molecule has 0 aliphatic carbocycles. The van der Waals surface area contributed by atoms with E-state index in [9.17, 15) is 13.2 Å². The minimum absolute atomic E-state index is 0.124. The van der Waals surface area contributed by atoms with Gasteiger partial charge in [0.15, 0.2) is 5.82 Å². The zero-order valence-corrected chi connectivity index (χ0v) is 17.3. The molecule has 2 aromatic heterocycles. The summed E-state index contributed by atoms with van der Waals surface area (Å²) < 4.78 is 53.6. The average Bonchev–Trinajstić information content (AvgIpc) is 3.43. The van der Waals surface area contributed by atoms with Crippen LogP contribution in [0.5, 0.6) is 5.75 Å². The Morgan fingerprint density at radius 3 is 2.28 bits per heavy atom. The van der Waals surface area contributed by atoms with Gasteiger partial charge in [0.1, 0.15) is 5.75 Å². The first-order valence-corrected chi connectivity index (χ1v) is 9.84. The molecule has 2 heterocycles. The molecule has 0 saturated carbocycles. The Morgan fingerprint density at radius 1 is 0.906 bits per heavy atom. The molecule has 4 aromatic rings. The van der Waals surface area contributed by atoms with E-state index in [1.807, 2.05) is 44.2 Å². The molecule has 0 aliphatic rings. The monoisotopic (exact) mass is 444 g/mol. The molecular formula is C22H19F3N4O3. The number of halogens is 3. The molecule has 2 aromatic carbocycles. The maximum absolute atomic E-state index is 12.7. The van der Waals surface area contributed by atoms with Crippen LogP contribution in [-0.4, -0.2) is 26.9 Å². The number of hydrogen-bond acceptors (Lipinski definition) is 7. The number of nitrogens with zero attached hydrogens (tertiary/aromatic N) is 4. The fourth-order valence-electron chi connectivity index (χ4n) is 3.22. The predicted octanol–water partition coefficient (Wildman–Crippen LogP) is 5.43. The Hall–Kier alpha value is -3.69. The number of aromatic nitrogens is 4. The van der Waals surface area contributed by atoms with Crippen LogP contribution in [0, 0.1) is 13.8 Å². The highest BCUT2D eigenvalue weighted by Gasteiger charge is 2.38. The lowest BCUT2D eigenvalue weighted by Crippen LogP contribution is -2.05. The van der Waals surface area contributed by atoms with Crippen molar-refractivity contribution in [3.05, 3.63) is 65.3 Å². The molecule has 166 valence electrons. The van der Waals surface area contributed by atoms with E-state index in [1.54, 1.807) is 12.1 Å². The van der Waals surface area contributed by atoms with Crippen LogP contribution in [0.4, 0.5) is 13.2 Å². The molecule has 0 spiro atoms. The van der Waals surface area contributed by atoms with Gasteiger partial charge < -0.3 is 13.8 Å². The zero-order valence-electron chi connectivity index (χ0n) is 17.3. The maximum atomic E-state index is 12.7. The second-order valence-corrected chi connectivity index (χ2v) is 7.19. The van der Waals surface area contributed by atoms with Crippen molar-refractivity contribution in [1.29, 1.82) is 0 Å². The third kappa shape index (κ3) is 4.79. The second-order valence-electron chi connectivity index (χ2n) is 7.19. The molecule has 0 atom stereocenters. The molecule has 0 aliphatic heterocycles. The quantitative estimate of drug-likeness (QED) is 0.351. The van der Waals surface area contributed by atoms with Crippen molar-refractivity contribution in [3.63, 3.8) is 0 Å². The Balaban J connectivity index is 1.36. The van der Waals surface area contributed by atoms with Crippen LogP contribution in [0.2, 0.25) is 0 Å². The zero-order chi connectivity index (χ0) is 22.7. The van der Waals surface area contributed by atoms with Gasteiger partial charge in [-0.15, -0.1) is 0 Å². The van der Waals surface area contributed by atoms with E-state index < -0.39 is 12.1 Å². The van der Waals surface area contributed by atoms with Crippen molar-refractivity contribution in [2.45, 2.75) is 32.9 Å². The fraction of sp³-hybridized carbons (Fsp3) is 0.273. The molecule has 0 unspecified atom stereocenters. The summed E-state index contributed by atoms with van der Waals surface area (Å²) in [4.78, 5) is 7.82. The van der Waals surface area contributed by atoms with Crippen LogP contribution in [0.3, 0.4) is 0 Å². The molecule has 0 saturated heterocycles. The third-order valence-electron chi connectivity index (χ3n) is 4.67. The van der Waals surface area contributed by atoms with Crippen LogP contribution >= 0.6 is 0 Å². The summed E-state index contributed by atoms with van der Waals surface area (Å²) in [7, 11) is 0. The van der Waals surface area contributed by atoms with Gasteiger partial charge in [0, 0.05) is 17.5 Å². The van der Waals surface area contributed by atoms with Gasteiger partial charge in [0.05, 0.1) is 6.61 Å². The molecule has 0 fully saturated rings. The van der Waals surface area contributed by atoms with Gasteiger partial charge in [0.2, 0.25) is 5.82 Å². The SMILES string of the molecule is Cc1cc(-c2noc(C(F)(F)F)n2)cc(C)c1OCCCc1noc(-c2ccccc2)n1. The molecule has 0 bridgehead atoms. The Bertz CT molecular complexity index is 1180. The lowest BCUT2D eigenvalue weighted by molar-refractivity contribution is -0.159. The molecule has 4 rings (SSSR count). The topological polar surface area (TPSA) is 87.1 Å². The first kappa shape index (κ1) is 21.5. The van der Waals surface area contributed by atoms with Gasteiger partial charge in [0.25, 0.3) is 5.89 Å². The Morgan fingerprint density at radius 2 is 1.62 bits per heavy atom. The molecule has 0 N–H and O–H groups in total. The number of rotatable bonds is 7. The number of alkyl halides is 3. The molecule has 32 heavy (non-hydrogen) atoms. The van der Waals surface area contributed by atoms with Crippen LogP contribution in [-0.2, 0) is 12.6 Å². The van der Waals surface area contributed by atoms with Crippen LogP contribution in [0.1, 0.15) is 29.3 Å². The van der Waals surface area contributed by atoms with E-state index in [4.69, 9.17) is 9.26 Å². The molecular weight excluding hydrogens is 425 g/mol. The van der Waals surface area contributed by atoms with E-state index in [-0.39, 0.29) is 5.82 Å². The Kier molecular flexibility index (Phi) is 5.93. The Labute approximate surface area is 181 Å². The highest BCUT2D eigenvalue weighted by molar-refractivity contribution is 5.61. The minimum atomic E-state index is -4.68. The minimum Gasteiger partial charge on any atom is -0.493 e. The highest BCUT2D eigenvalue weighted by Crippen LogP contribution is 2.32. The fourth-order valence-corrected chi connectivity index (χ4v) is 3.22. The van der Waals surface area contributed by atoms with Crippen molar-refractivity contribution in [2.24, 2.45) is 0 Å². The highest BCUT2D eigenvalue weighted by atomic mass is 19.4. The van der Waals surface area contributed by atoms with Crippen molar-refractivity contribution in [1.82, 2.24) is 20.3 Å². The largest absolute Gasteiger partial charge is 0.493 e. The number of benzene rings is 2. The lowest BCUT2D eigenvalue weighted by Gasteiger charge is -2.13. The molecule has 0 radical (unpaired) electrons. The van der Waals surface area contributed by atoms with Crippen molar-refractivity contribution >= 4 is 0 Å². The van der Waals surface area contributed by atoms with E-state index in [0.717, 1.165) is 16.7 Å². The molecule has 10 heteroatoms. The standard InChI is InChI=1S/C22H19F3N4O3/c1-13-11-16(19-27-21(32-29-19)22(23,24)25)12-14(2)18(13)30-10-6-9-17-26-20(31-28-17)15-7-4-3-5-8-15/h3-5,7-8,11-12H,6,9-10H2,1-2H3. The van der Waals surface area contributed by atoms with Crippen LogP contribution in [0.15, 0.2) is 51.5 Å². The first-order valence-electron chi connectivity index (χ1n) is 9.84. The van der Waals surface area contributed by atoms with Gasteiger partial charge in [-0.05, 0) is 55.7 Å². The van der Waals surface area contributed by atoms with Gasteiger partial charge in [-0.3, -0.25) is 0 Å². The summed E-state index contributed by atoms with van der Waals surface area (Å²) in [6.07, 6.45) is -3.44. The van der Waals surface area contributed by atoms with E-state index in [1.165, 1.54) is 0 Å². The number of aryl methyl sites for hydroxylation is 3. The lowest BCUT2D eigenvalue weighted by atomic mass is 10.1. The molecule has 0 amide bonds. The summed E-state index contributed by atoms with van der Waals surface area (Å²) in [5, 5.41) is 7.42. The summed E-state index contributed by atoms with van der Waals surface area (Å²) >= 11 is 0. The summed E-state index contributed by atoms with van der Waals surface area (Å²) in [5.41, 5.74) is 2.79. The van der Waals surface area contributed by atoms with Crippen LogP contribution < -0.4 is 4.74 Å². The maximum Gasteiger partial charge on any atom is 0.471 e. The van der Waals surface area contributed by atoms with Gasteiger partial charge in [-0.25, -0.2) is 0 Å². The van der Waals surface area contributed by atoms with Gasteiger partial charge >= 0.3 is 12.1 Å². The van der Waals surface area contributed by atoms with E-state index in [2.05, 4.69) is 24.8 Å². The smallest absolute Gasteiger partial charge is 0.471 e. The predicted molar refractivity (Wildman–Crippen MR) is 108 cm³/mol. The number of ether oxygens (including phenoxy) is 1. The second kappa shape index (κ2) is 8.81. The van der Waals surface area contributed by atoms with Crippen molar-refractivity contribution in [2.75, 3.05) is 6.61 Å². The third-order valence-corrected chi connectivity index (χ3v) is 4.67. The summed E-state index contributed by atoms with van der Waals surface area (Å²) in [6.45, 7) is 4.03. The summed E-state index contributed by atoms with van der Waals surface area (Å²) in [5.74, 6) is 0.223. The van der Waals surface area contributed by atoms with Crippen LogP contribution in [0.25, 0.3) is 22.8 Å². The molecule has 7 nitrogen and oxygen atoms in total. The van der Waals surface area contributed by atoms with Crippen molar-refractivity contribution < 1.29 is 27.0 Å². The average molecular weight is 444 g/mol. The van der Waals surface area contributed by atoms with E-state index >= 15 is 0 Å². The number of hydrogen-bond donors (Lipinski definition) is 0.